The van der Waals surface area contributed by atoms with Crippen LogP contribution in [0.3, 0.4) is 0 Å². The van der Waals surface area contributed by atoms with E-state index in [4.69, 9.17) is 10.00 Å². The number of methoxy groups -OCH3 is 1. The Hall–Kier alpha value is -1.69. The van der Waals surface area contributed by atoms with E-state index >= 15 is 0 Å². The van der Waals surface area contributed by atoms with Gasteiger partial charge in [-0.05, 0) is 18.1 Å². The molecule has 3 heteroatoms. The van der Waals surface area contributed by atoms with Crippen LogP contribution in [0, 0.1) is 17.2 Å². The molecule has 0 unspecified atom stereocenters. The maximum absolute atomic E-state index is 9.04. The van der Waals surface area contributed by atoms with Gasteiger partial charge in [-0.2, -0.15) is 5.26 Å². The third kappa shape index (κ3) is 1.63. The SMILES string of the molecule is COc1cccc(C#N)c1N1CC(C)C1. The average Bonchev–Trinajstić information content (AvgIpc) is 2.23. The molecule has 3 nitrogen and oxygen atoms in total. The molecular weight excluding hydrogens is 188 g/mol. The van der Waals surface area contributed by atoms with Crippen LogP contribution < -0.4 is 9.64 Å². The molecule has 1 aliphatic heterocycles. The van der Waals surface area contributed by atoms with Crippen molar-refractivity contribution in [1.82, 2.24) is 0 Å². The summed E-state index contributed by atoms with van der Waals surface area (Å²) in [4.78, 5) is 2.20. The van der Waals surface area contributed by atoms with Crippen molar-refractivity contribution in [2.24, 2.45) is 5.92 Å². The molecule has 78 valence electrons. The second kappa shape index (κ2) is 3.82. The van der Waals surface area contributed by atoms with E-state index in [1.54, 1.807) is 7.11 Å². The molecule has 0 aliphatic carbocycles. The Morgan fingerprint density at radius 1 is 1.47 bits per heavy atom. The molecule has 0 bridgehead atoms. The van der Waals surface area contributed by atoms with E-state index in [0.717, 1.165) is 24.5 Å². The molecular formula is C12H14N2O. The maximum Gasteiger partial charge on any atom is 0.143 e. The number of para-hydroxylation sites is 1. The van der Waals surface area contributed by atoms with Gasteiger partial charge in [0.25, 0.3) is 0 Å². The summed E-state index contributed by atoms with van der Waals surface area (Å²) in [5, 5.41) is 9.04. The van der Waals surface area contributed by atoms with Gasteiger partial charge in [0.1, 0.15) is 11.8 Å². The predicted molar refractivity (Wildman–Crippen MR) is 59.1 cm³/mol. The van der Waals surface area contributed by atoms with Gasteiger partial charge in [0.05, 0.1) is 18.4 Å². The quantitative estimate of drug-likeness (QED) is 0.736. The van der Waals surface area contributed by atoms with E-state index < -0.39 is 0 Å². The van der Waals surface area contributed by atoms with Crippen molar-refractivity contribution in [2.45, 2.75) is 6.92 Å². The summed E-state index contributed by atoms with van der Waals surface area (Å²) in [5.74, 6) is 1.50. The van der Waals surface area contributed by atoms with Crippen LogP contribution in [0.2, 0.25) is 0 Å². The Balaban J connectivity index is 2.39. The fourth-order valence-corrected chi connectivity index (χ4v) is 1.98. The maximum atomic E-state index is 9.04. The number of hydrogen-bond acceptors (Lipinski definition) is 3. The van der Waals surface area contributed by atoms with E-state index in [9.17, 15) is 0 Å². The second-order valence-electron chi connectivity index (χ2n) is 3.98. The Morgan fingerprint density at radius 2 is 2.20 bits per heavy atom. The summed E-state index contributed by atoms with van der Waals surface area (Å²) in [7, 11) is 1.64. The van der Waals surface area contributed by atoms with E-state index in [-0.39, 0.29) is 0 Å². The molecule has 1 fully saturated rings. The number of rotatable bonds is 2. The Bertz CT molecular complexity index is 403. The van der Waals surface area contributed by atoms with Crippen molar-refractivity contribution in [3.8, 4) is 11.8 Å². The Kier molecular flexibility index (Phi) is 2.51. The minimum absolute atomic E-state index is 0.696. The fraction of sp³-hybridized carbons (Fsp3) is 0.417. The zero-order valence-corrected chi connectivity index (χ0v) is 9.03. The Labute approximate surface area is 89.9 Å². The third-order valence-electron chi connectivity index (χ3n) is 2.72. The van der Waals surface area contributed by atoms with Crippen molar-refractivity contribution < 1.29 is 4.74 Å². The summed E-state index contributed by atoms with van der Waals surface area (Å²) >= 11 is 0. The van der Waals surface area contributed by atoms with Gasteiger partial charge in [0.15, 0.2) is 0 Å². The molecule has 1 aromatic rings. The highest BCUT2D eigenvalue weighted by molar-refractivity contribution is 5.69. The van der Waals surface area contributed by atoms with Crippen molar-refractivity contribution >= 4 is 5.69 Å². The molecule has 15 heavy (non-hydrogen) atoms. The number of benzene rings is 1. The standard InChI is InChI=1S/C12H14N2O/c1-9-7-14(8-9)12-10(6-13)4-3-5-11(12)15-2/h3-5,9H,7-8H2,1-2H3. The number of nitrogens with zero attached hydrogens (tertiary/aromatic N) is 2. The van der Waals surface area contributed by atoms with Gasteiger partial charge >= 0.3 is 0 Å². The van der Waals surface area contributed by atoms with Crippen LogP contribution >= 0.6 is 0 Å². The van der Waals surface area contributed by atoms with Gasteiger partial charge in [-0.15, -0.1) is 0 Å². The molecule has 0 amide bonds. The van der Waals surface area contributed by atoms with Gasteiger partial charge in [-0.3, -0.25) is 0 Å². The highest BCUT2D eigenvalue weighted by Gasteiger charge is 2.27. The summed E-state index contributed by atoms with van der Waals surface area (Å²) in [6, 6.07) is 7.80. The summed E-state index contributed by atoms with van der Waals surface area (Å²) < 4.78 is 5.29. The first-order valence-corrected chi connectivity index (χ1v) is 5.08. The van der Waals surface area contributed by atoms with E-state index in [0.29, 0.717) is 11.5 Å². The molecule has 2 rings (SSSR count). The molecule has 1 aliphatic rings. The monoisotopic (exact) mass is 202 g/mol. The van der Waals surface area contributed by atoms with E-state index in [2.05, 4.69) is 17.9 Å². The van der Waals surface area contributed by atoms with Crippen LogP contribution in [0.15, 0.2) is 18.2 Å². The predicted octanol–water partition coefficient (Wildman–Crippen LogP) is 2.02. The minimum Gasteiger partial charge on any atom is -0.495 e. The second-order valence-corrected chi connectivity index (χ2v) is 3.98. The smallest absolute Gasteiger partial charge is 0.143 e. The van der Waals surface area contributed by atoms with Crippen LogP contribution in [0.25, 0.3) is 0 Å². The minimum atomic E-state index is 0.696. The topological polar surface area (TPSA) is 36.3 Å². The lowest BCUT2D eigenvalue weighted by atomic mass is 10.00. The molecule has 1 aromatic carbocycles. The molecule has 0 atom stereocenters. The molecule has 0 N–H and O–H groups in total. The van der Waals surface area contributed by atoms with Crippen molar-refractivity contribution in [2.75, 3.05) is 25.1 Å². The lowest BCUT2D eigenvalue weighted by Crippen LogP contribution is -2.45. The van der Waals surface area contributed by atoms with Gasteiger partial charge in [-0.1, -0.05) is 13.0 Å². The highest BCUT2D eigenvalue weighted by atomic mass is 16.5. The number of ether oxygens (including phenoxy) is 1. The Morgan fingerprint density at radius 3 is 2.73 bits per heavy atom. The van der Waals surface area contributed by atoms with Crippen LogP contribution in [0.4, 0.5) is 5.69 Å². The molecule has 1 heterocycles. The van der Waals surface area contributed by atoms with Gasteiger partial charge in [0, 0.05) is 13.1 Å². The first kappa shape index (κ1) is 9.85. The summed E-state index contributed by atoms with van der Waals surface area (Å²) in [6.07, 6.45) is 0. The lowest BCUT2D eigenvalue weighted by molar-refractivity contribution is 0.399. The lowest BCUT2D eigenvalue weighted by Gasteiger charge is -2.40. The first-order valence-electron chi connectivity index (χ1n) is 5.08. The summed E-state index contributed by atoms with van der Waals surface area (Å²) in [5.41, 5.74) is 1.64. The van der Waals surface area contributed by atoms with Crippen LogP contribution in [-0.4, -0.2) is 20.2 Å². The van der Waals surface area contributed by atoms with Crippen molar-refractivity contribution in [3.05, 3.63) is 23.8 Å². The molecule has 0 spiro atoms. The van der Waals surface area contributed by atoms with E-state index in [1.165, 1.54) is 0 Å². The highest BCUT2D eigenvalue weighted by Crippen LogP contribution is 2.35. The van der Waals surface area contributed by atoms with E-state index in [1.807, 2.05) is 18.2 Å². The zero-order chi connectivity index (χ0) is 10.8. The van der Waals surface area contributed by atoms with Gasteiger partial charge in [0.2, 0.25) is 0 Å². The normalized spacial score (nSPS) is 15.7. The average molecular weight is 202 g/mol. The number of hydrogen-bond donors (Lipinski definition) is 0. The fourth-order valence-electron chi connectivity index (χ4n) is 1.98. The van der Waals surface area contributed by atoms with Crippen LogP contribution in [0.5, 0.6) is 5.75 Å². The molecule has 0 aromatic heterocycles. The van der Waals surface area contributed by atoms with Crippen LogP contribution in [-0.2, 0) is 0 Å². The van der Waals surface area contributed by atoms with Crippen molar-refractivity contribution in [3.63, 3.8) is 0 Å². The third-order valence-corrected chi connectivity index (χ3v) is 2.72. The molecule has 0 saturated carbocycles. The van der Waals surface area contributed by atoms with Gasteiger partial charge in [-0.25, -0.2) is 0 Å². The summed E-state index contributed by atoms with van der Waals surface area (Å²) in [6.45, 7) is 4.22. The number of nitriles is 1. The van der Waals surface area contributed by atoms with Crippen molar-refractivity contribution in [1.29, 1.82) is 5.26 Å². The molecule has 1 saturated heterocycles. The zero-order valence-electron chi connectivity index (χ0n) is 9.03. The largest absolute Gasteiger partial charge is 0.495 e. The first-order chi connectivity index (χ1) is 7.26. The van der Waals surface area contributed by atoms with Crippen LogP contribution in [0.1, 0.15) is 12.5 Å². The number of anilines is 1. The van der Waals surface area contributed by atoms with Gasteiger partial charge < -0.3 is 9.64 Å². The molecule has 0 radical (unpaired) electrons.